The minimum absolute atomic E-state index is 0.311. The summed E-state index contributed by atoms with van der Waals surface area (Å²) >= 11 is 1.11. The highest BCUT2D eigenvalue weighted by atomic mass is 32.1. The number of nitrogens with one attached hydrogen (secondary N) is 1. The lowest BCUT2D eigenvalue weighted by molar-refractivity contribution is 0.102. The minimum Gasteiger partial charge on any atom is -0.497 e. The van der Waals surface area contributed by atoms with Crippen LogP contribution in [0.15, 0.2) is 28.8 Å². The second-order valence-electron chi connectivity index (χ2n) is 4.81. The first-order valence-electron chi connectivity index (χ1n) is 6.81. The SMILES string of the molecule is COc1cccc(-c2nsc(NC(=O)c3c(C)noc3C)n2)c1. The Morgan fingerprint density at radius 3 is 2.87 bits per heavy atom. The fraction of sp³-hybridized carbons (Fsp3) is 0.200. The number of hydrogen-bond acceptors (Lipinski definition) is 7. The molecule has 1 N–H and O–H groups in total. The van der Waals surface area contributed by atoms with Gasteiger partial charge in [-0.1, -0.05) is 17.3 Å². The van der Waals surface area contributed by atoms with E-state index in [1.165, 1.54) is 0 Å². The summed E-state index contributed by atoms with van der Waals surface area (Å²) < 4.78 is 14.4. The molecular weight excluding hydrogens is 316 g/mol. The minimum atomic E-state index is -0.311. The molecular formula is C15H14N4O3S. The summed E-state index contributed by atoms with van der Waals surface area (Å²) in [6, 6.07) is 7.42. The molecule has 0 unspecified atom stereocenters. The molecule has 0 aliphatic heterocycles. The number of carbonyl (C=O) groups excluding carboxylic acids is 1. The quantitative estimate of drug-likeness (QED) is 0.790. The number of methoxy groups -OCH3 is 1. The number of aryl methyl sites for hydroxylation is 2. The monoisotopic (exact) mass is 330 g/mol. The van der Waals surface area contributed by atoms with Crippen LogP contribution in [0.4, 0.5) is 5.13 Å². The lowest BCUT2D eigenvalue weighted by Gasteiger charge is -2.01. The van der Waals surface area contributed by atoms with Crippen molar-refractivity contribution in [1.29, 1.82) is 0 Å². The molecule has 8 heteroatoms. The molecule has 7 nitrogen and oxygen atoms in total. The first-order valence-corrected chi connectivity index (χ1v) is 7.58. The van der Waals surface area contributed by atoms with Crippen LogP contribution in [-0.4, -0.2) is 27.5 Å². The van der Waals surface area contributed by atoms with Crippen molar-refractivity contribution in [3.05, 3.63) is 41.3 Å². The van der Waals surface area contributed by atoms with Crippen molar-refractivity contribution in [1.82, 2.24) is 14.5 Å². The Morgan fingerprint density at radius 2 is 2.17 bits per heavy atom. The van der Waals surface area contributed by atoms with Crippen LogP contribution in [0, 0.1) is 13.8 Å². The normalized spacial score (nSPS) is 10.6. The fourth-order valence-corrected chi connectivity index (χ4v) is 2.71. The predicted molar refractivity (Wildman–Crippen MR) is 85.8 cm³/mol. The molecule has 0 saturated carbocycles. The Bertz CT molecular complexity index is 837. The number of benzene rings is 1. The summed E-state index contributed by atoms with van der Waals surface area (Å²) in [6.07, 6.45) is 0. The van der Waals surface area contributed by atoms with Crippen LogP contribution < -0.4 is 10.1 Å². The Kier molecular flexibility index (Phi) is 4.07. The number of nitrogens with zero attached hydrogens (tertiary/aromatic N) is 3. The van der Waals surface area contributed by atoms with Crippen molar-refractivity contribution in [2.45, 2.75) is 13.8 Å². The fourth-order valence-electron chi connectivity index (χ4n) is 2.12. The molecule has 0 aliphatic carbocycles. The molecule has 2 aromatic heterocycles. The van der Waals surface area contributed by atoms with E-state index in [2.05, 4.69) is 19.8 Å². The van der Waals surface area contributed by atoms with Crippen LogP contribution >= 0.6 is 11.5 Å². The van der Waals surface area contributed by atoms with Gasteiger partial charge in [0.05, 0.1) is 12.8 Å². The van der Waals surface area contributed by atoms with Gasteiger partial charge in [-0.05, 0) is 26.0 Å². The third kappa shape index (κ3) is 3.07. The van der Waals surface area contributed by atoms with Crippen molar-refractivity contribution >= 4 is 22.6 Å². The lowest BCUT2D eigenvalue weighted by Crippen LogP contribution is -2.13. The molecule has 0 fully saturated rings. The smallest absolute Gasteiger partial charge is 0.262 e. The number of carbonyl (C=O) groups is 1. The van der Waals surface area contributed by atoms with Crippen LogP contribution in [0.25, 0.3) is 11.4 Å². The first-order chi connectivity index (χ1) is 11.1. The van der Waals surface area contributed by atoms with E-state index < -0.39 is 0 Å². The zero-order chi connectivity index (χ0) is 16.4. The summed E-state index contributed by atoms with van der Waals surface area (Å²) in [5.74, 6) is 1.41. The van der Waals surface area contributed by atoms with Crippen LogP contribution in [0.3, 0.4) is 0 Å². The van der Waals surface area contributed by atoms with E-state index >= 15 is 0 Å². The molecule has 3 aromatic rings. The zero-order valence-electron chi connectivity index (χ0n) is 12.8. The van der Waals surface area contributed by atoms with Gasteiger partial charge in [0.15, 0.2) is 5.82 Å². The average molecular weight is 330 g/mol. The Morgan fingerprint density at radius 1 is 1.35 bits per heavy atom. The zero-order valence-corrected chi connectivity index (χ0v) is 13.6. The van der Waals surface area contributed by atoms with Crippen LogP contribution in [0.1, 0.15) is 21.8 Å². The average Bonchev–Trinajstić information content (AvgIpc) is 3.14. The number of hydrogen-bond donors (Lipinski definition) is 1. The van der Waals surface area contributed by atoms with Gasteiger partial charge in [-0.3, -0.25) is 10.1 Å². The first kappa shape index (κ1) is 15.2. The van der Waals surface area contributed by atoms with Crippen LogP contribution in [0.5, 0.6) is 5.75 Å². The van der Waals surface area contributed by atoms with E-state index in [9.17, 15) is 4.79 Å². The van der Waals surface area contributed by atoms with Crippen molar-refractivity contribution in [2.24, 2.45) is 0 Å². The topological polar surface area (TPSA) is 90.1 Å². The molecule has 0 saturated heterocycles. The van der Waals surface area contributed by atoms with E-state index in [0.717, 1.165) is 22.8 Å². The van der Waals surface area contributed by atoms with Gasteiger partial charge in [0.2, 0.25) is 5.13 Å². The van der Waals surface area contributed by atoms with E-state index in [0.29, 0.717) is 28.0 Å². The molecule has 1 aromatic carbocycles. The van der Waals surface area contributed by atoms with Gasteiger partial charge >= 0.3 is 0 Å². The lowest BCUT2D eigenvalue weighted by atomic mass is 10.2. The van der Waals surface area contributed by atoms with Gasteiger partial charge in [0, 0.05) is 17.1 Å². The van der Waals surface area contributed by atoms with Crippen molar-refractivity contribution in [2.75, 3.05) is 12.4 Å². The molecule has 0 radical (unpaired) electrons. The van der Waals surface area contributed by atoms with Crippen LogP contribution in [0.2, 0.25) is 0 Å². The summed E-state index contributed by atoms with van der Waals surface area (Å²) in [7, 11) is 1.60. The summed E-state index contributed by atoms with van der Waals surface area (Å²) in [5.41, 5.74) is 1.78. The highest BCUT2D eigenvalue weighted by Gasteiger charge is 2.19. The molecule has 1 amide bonds. The van der Waals surface area contributed by atoms with E-state index in [-0.39, 0.29) is 5.91 Å². The number of rotatable bonds is 4. The van der Waals surface area contributed by atoms with Crippen molar-refractivity contribution in [3.63, 3.8) is 0 Å². The van der Waals surface area contributed by atoms with Gasteiger partial charge < -0.3 is 9.26 Å². The maximum atomic E-state index is 12.3. The predicted octanol–water partition coefficient (Wildman–Crippen LogP) is 3.07. The Labute approximate surface area is 136 Å². The second kappa shape index (κ2) is 6.17. The second-order valence-corrected chi connectivity index (χ2v) is 5.56. The summed E-state index contributed by atoms with van der Waals surface area (Å²) in [5, 5.41) is 6.90. The third-order valence-electron chi connectivity index (χ3n) is 3.23. The largest absolute Gasteiger partial charge is 0.497 e. The van der Waals surface area contributed by atoms with Gasteiger partial charge in [-0.2, -0.15) is 9.36 Å². The van der Waals surface area contributed by atoms with E-state index in [4.69, 9.17) is 9.26 Å². The summed E-state index contributed by atoms with van der Waals surface area (Å²) in [6.45, 7) is 3.41. The van der Waals surface area contributed by atoms with Crippen LogP contribution in [-0.2, 0) is 0 Å². The van der Waals surface area contributed by atoms with Crippen molar-refractivity contribution in [3.8, 4) is 17.1 Å². The molecule has 0 bridgehead atoms. The molecule has 0 aliphatic rings. The Balaban J connectivity index is 1.81. The number of anilines is 1. The van der Waals surface area contributed by atoms with Gasteiger partial charge in [-0.15, -0.1) is 0 Å². The highest BCUT2D eigenvalue weighted by molar-refractivity contribution is 7.10. The molecule has 118 valence electrons. The maximum absolute atomic E-state index is 12.3. The number of amides is 1. The van der Waals surface area contributed by atoms with Crippen molar-refractivity contribution < 1.29 is 14.1 Å². The molecule has 3 rings (SSSR count). The standard InChI is InChI=1S/C15H14N4O3S/c1-8-12(9(2)22-18-8)14(20)17-15-16-13(19-23-15)10-5-4-6-11(7-10)21-3/h4-7H,1-3H3,(H,16,17,19,20). The third-order valence-corrected chi connectivity index (χ3v) is 3.87. The van der Waals surface area contributed by atoms with Gasteiger partial charge in [-0.25, -0.2) is 0 Å². The molecule has 23 heavy (non-hydrogen) atoms. The maximum Gasteiger partial charge on any atom is 0.262 e. The number of aromatic nitrogens is 3. The van der Waals surface area contributed by atoms with E-state index in [1.54, 1.807) is 21.0 Å². The Hall–Kier alpha value is -2.74. The molecule has 0 spiro atoms. The highest BCUT2D eigenvalue weighted by Crippen LogP contribution is 2.25. The summed E-state index contributed by atoms with van der Waals surface area (Å²) in [4.78, 5) is 16.6. The number of ether oxygens (including phenoxy) is 1. The molecule has 0 atom stereocenters. The van der Waals surface area contributed by atoms with E-state index in [1.807, 2.05) is 24.3 Å². The van der Waals surface area contributed by atoms with Gasteiger partial charge in [0.1, 0.15) is 17.1 Å². The van der Waals surface area contributed by atoms with Gasteiger partial charge in [0.25, 0.3) is 5.91 Å². The molecule has 2 heterocycles.